The summed E-state index contributed by atoms with van der Waals surface area (Å²) in [5.41, 5.74) is 2.07. The molecule has 0 amide bonds. The molecule has 37 heavy (non-hydrogen) atoms. The van der Waals surface area contributed by atoms with E-state index < -0.39 is 16.6 Å². The summed E-state index contributed by atoms with van der Waals surface area (Å²) in [5.74, 6) is -0.350. The van der Waals surface area contributed by atoms with Gasteiger partial charge in [0.05, 0.1) is 18.8 Å². The van der Waals surface area contributed by atoms with Crippen LogP contribution in [0.15, 0.2) is 48.6 Å². The first-order chi connectivity index (χ1) is 16.9. The van der Waals surface area contributed by atoms with Crippen LogP contribution in [0.2, 0.25) is 36.3 Å². The summed E-state index contributed by atoms with van der Waals surface area (Å²) < 4.78 is 18.5. The van der Waals surface area contributed by atoms with Crippen molar-refractivity contribution >= 4 is 28.9 Å². The number of hydrogen-bond acceptors (Lipinski definition) is 5. The zero-order valence-electron chi connectivity index (χ0n) is 25.0. The van der Waals surface area contributed by atoms with Crippen LogP contribution in [0.4, 0.5) is 0 Å². The van der Waals surface area contributed by atoms with Crippen molar-refractivity contribution < 1.29 is 23.2 Å². The van der Waals surface area contributed by atoms with E-state index in [2.05, 4.69) is 79.9 Å². The predicted octanol–water partition coefficient (Wildman–Crippen LogP) is 8.47. The fourth-order valence-electron chi connectivity index (χ4n) is 3.22. The molecule has 0 saturated carbocycles. The molecule has 0 spiro atoms. The van der Waals surface area contributed by atoms with Crippen LogP contribution < -0.4 is 0 Å². The Morgan fingerprint density at radius 2 is 1.35 bits per heavy atom. The molecule has 2 atom stereocenters. The Morgan fingerprint density at radius 1 is 0.865 bits per heavy atom. The highest BCUT2D eigenvalue weighted by Gasteiger charge is 2.40. The molecule has 208 valence electrons. The number of rotatable bonds is 13. The zero-order chi connectivity index (χ0) is 28.5. The van der Waals surface area contributed by atoms with Gasteiger partial charge >= 0.3 is 5.97 Å². The highest BCUT2D eigenvalue weighted by molar-refractivity contribution is 6.74. The number of esters is 1. The van der Waals surface area contributed by atoms with Crippen LogP contribution in [0.25, 0.3) is 0 Å². The third-order valence-corrected chi connectivity index (χ3v) is 16.5. The average molecular weight is 547 g/mol. The van der Waals surface area contributed by atoms with E-state index in [4.69, 9.17) is 13.6 Å². The van der Waals surface area contributed by atoms with Crippen molar-refractivity contribution in [3.63, 3.8) is 0 Å². The van der Waals surface area contributed by atoms with E-state index in [-0.39, 0.29) is 28.3 Å². The molecule has 1 rings (SSSR count). The standard InChI is InChI=1S/C30H50O5Si2/c1-12-33-28(32)20-15-13-14-19-26(34-36(8,9)29(2,3)4)24-17-16-18-25(23-24)27(21-22-31)35-37(10,11)30(5,6)7/h13-18,20,22-23,26-27H,12,19,21H2,1-11H3/b14-13+,20-15-/t26-,27+/m0/s1. The van der Waals surface area contributed by atoms with E-state index in [1.54, 1.807) is 13.0 Å². The molecule has 0 fully saturated rings. The molecule has 0 bridgehead atoms. The fraction of sp³-hybridized carbons (Fsp3) is 0.600. The molecule has 0 radical (unpaired) electrons. The molecule has 1 aromatic rings. The van der Waals surface area contributed by atoms with Crippen LogP contribution in [0.3, 0.4) is 0 Å². The number of benzene rings is 1. The van der Waals surface area contributed by atoms with Gasteiger partial charge in [0.1, 0.15) is 6.29 Å². The molecule has 0 aliphatic rings. The second kappa shape index (κ2) is 13.8. The van der Waals surface area contributed by atoms with Crippen molar-refractivity contribution in [2.75, 3.05) is 6.61 Å². The van der Waals surface area contributed by atoms with Gasteiger partial charge in [-0.3, -0.25) is 0 Å². The van der Waals surface area contributed by atoms with Gasteiger partial charge in [-0.25, -0.2) is 4.79 Å². The molecule has 7 heteroatoms. The second-order valence-corrected chi connectivity index (χ2v) is 22.1. The number of hydrogen-bond donors (Lipinski definition) is 0. The maximum absolute atomic E-state index is 11.6. The minimum Gasteiger partial charge on any atom is -0.463 e. The van der Waals surface area contributed by atoms with Gasteiger partial charge in [-0.1, -0.05) is 84.0 Å². The van der Waals surface area contributed by atoms with Crippen molar-refractivity contribution in [3.8, 4) is 0 Å². The number of carbonyl (C=O) groups excluding carboxylic acids is 2. The maximum Gasteiger partial charge on any atom is 0.330 e. The third kappa shape index (κ3) is 10.5. The lowest BCUT2D eigenvalue weighted by molar-refractivity contribution is -0.137. The van der Waals surface area contributed by atoms with Gasteiger partial charge in [0.2, 0.25) is 0 Å². The lowest BCUT2D eigenvalue weighted by Crippen LogP contribution is -2.42. The van der Waals surface area contributed by atoms with Crippen molar-refractivity contribution in [2.24, 2.45) is 0 Å². The Labute approximate surface area is 227 Å². The summed E-state index contributed by atoms with van der Waals surface area (Å²) >= 11 is 0. The monoisotopic (exact) mass is 546 g/mol. The number of ether oxygens (including phenoxy) is 1. The number of aldehydes is 1. The smallest absolute Gasteiger partial charge is 0.330 e. The summed E-state index contributed by atoms with van der Waals surface area (Å²) in [7, 11) is -4.16. The number of allylic oxidation sites excluding steroid dienone is 2. The van der Waals surface area contributed by atoms with Crippen molar-refractivity contribution in [2.45, 2.75) is 110 Å². The largest absolute Gasteiger partial charge is 0.463 e. The Hall–Kier alpha value is -1.81. The molecule has 1 aromatic carbocycles. The Balaban J connectivity index is 3.33. The van der Waals surface area contributed by atoms with Gasteiger partial charge < -0.3 is 18.4 Å². The Kier molecular flexibility index (Phi) is 12.4. The minimum atomic E-state index is -2.08. The van der Waals surface area contributed by atoms with Crippen molar-refractivity contribution in [1.82, 2.24) is 0 Å². The Morgan fingerprint density at radius 3 is 1.78 bits per heavy atom. The van der Waals surface area contributed by atoms with Gasteiger partial charge in [-0.05, 0) is 60.7 Å². The van der Waals surface area contributed by atoms with Crippen LogP contribution in [0.5, 0.6) is 0 Å². The second-order valence-electron chi connectivity index (χ2n) is 12.6. The van der Waals surface area contributed by atoms with Crippen LogP contribution in [0.1, 0.15) is 84.6 Å². The van der Waals surface area contributed by atoms with Crippen molar-refractivity contribution in [3.05, 3.63) is 59.7 Å². The molecule has 0 aliphatic carbocycles. The molecular weight excluding hydrogens is 496 g/mol. The highest BCUT2D eigenvalue weighted by atomic mass is 28.4. The molecule has 5 nitrogen and oxygen atoms in total. The van der Waals surface area contributed by atoms with E-state index in [9.17, 15) is 9.59 Å². The molecular formula is C30H50O5Si2. The SMILES string of the molecule is CCOC(=O)/C=C\C=C\C[C@H](O[Si](C)(C)C(C)(C)C)c1cccc([C@@H](CC=O)O[Si](C)(C)C(C)(C)C)c1. The Bertz CT molecular complexity index is 936. The maximum atomic E-state index is 11.6. The molecule has 0 saturated heterocycles. The fourth-order valence-corrected chi connectivity index (χ4v) is 5.82. The summed E-state index contributed by atoms with van der Waals surface area (Å²) in [6.07, 6.45) is 8.50. The lowest BCUT2D eigenvalue weighted by Gasteiger charge is -2.40. The average Bonchev–Trinajstić information content (AvgIpc) is 2.76. The molecule has 0 aliphatic heterocycles. The van der Waals surface area contributed by atoms with Gasteiger partial charge in [-0.15, -0.1) is 0 Å². The molecule has 0 N–H and O–H groups in total. The van der Waals surface area contributed by atoms with Crippen LogP contribution in [0, 0.1) is 0 Å². The van der Waals surface area contributed by atoms with Gasteiger partial charge in [0.25, 0.3) is 0 Å². The normalized spacial score (nSPS) is 15.2. The summed E-state index contributed by atoms with van der Waals surface area (Å²) in [6, 6.07) is 8.31. The summed E-state index contributed by atoms with van der Waals surface area (Å²) in [5, 5.41) is 0.101. The lowest BCUT2D eigenvalue weighted by atomic mass is 10.00. The highest BCUT2D eigenvalue weighted by Crippen LogP contribution is 2.42. The van der Waals surface area contributed by atoms with Crippen LogP contribution in [-0.4, -0.2) is 35.5 Å². The molecule has 0 unspecified atom stereocenters. The minimum absolute atomic E-state index is 0.0432. The van der Waals surface area contributed by atoms with Gasteiger partial charge in [0.15, 0.2) is 16.6 Å². The van der Waals surface area contributed by atoms with E-state index in [0.29, 0.717) is 19.4 Å². The van der Waals surface area contributed by atoms with Crippen molar-refractivity contribution in [1.29, 1.82) is 0 Å². The topological polar surface area (TPSA) is 61.8 Å². The van der Waals surface area contributed by atoms with Gasteiger partial charge in [-0.2, -0.15) is 0 Å². The summed E-state index contributed by atoms with van der Waals surface area (Å²) in [4.78, 5) is 23.2. The molecule has 0 heterocycles. The first kappa shape index (κ1) is 33.2. The van der Waals surface area contributed by atoms with E-state index in [1.807, 2.05) is 24.3 Å². The first-order valence-electron chi connectivity index (χ1n) is 13.3. The quantitative estimate of drug-likeness (QED) is 0.0816. The number of carbonyl (C=O) groups is 2. The molecule has 0 aromatic heterocycles. The third-order valence-electron chi connectivity index (χ3n) is 7.57. The zero-order valence-corrected chi connectivity index (χ0v) is 27.0. The predicted molar refractivity (Wildman–Crippen MR) is 159 cm³/mol. The first-order valence-corrected chi connectivity index (χ1v) is 19.2. The van der Waals surface area contributed by atoms with E-state index in [0.717, 1.165) is 17.4 Å². The van der Waals surface area contributed by atoms with Crippen LogP contribution >= 0.6 is 0 Å². The van der Waals surface area contributed by atoms with E-state index >= 15 is 0 Å². The summed E-state index contributed by atoms with van der Waals surface area (Å²) in [6.45, 7) is 24.4. The van der Waals surface area contributed by atoms with Gasteiger partial charge in [0, 0.05) is 12.5 Å². The van der Waals surface area contributed by atoms with Crippen LogP contribution in [-0.2, 0) is 23.2 Å². The van der Waals surface area contributed by atoms with E-state index in [1.165, 1.54) is 6.08 Å².